The maximum Gasteiger partial charge on any atom is 0.129 e. The van der Waals surface area contributed by atoms with Crippen molar-refractivity contribution in [2.45, 2.75) is 13.8 Å². The van der Waals surface area contributed by atoms with Gasteiger partial charge in [0, 0.05) is 12.4 Å². The molecule has 0 unspecified atom stereocenters. The van der Waals surface area contributed by atoms with Gasteiger partial charge in [-0.25, -0.2) is 0 Å². The van der Waals surface area contributed by atoms with Crippen LogP contribution in [0.15, 0.2) is 34.9 Å². The largest absolute Gasteiger partial charge is 0.296 e. The molecule has 72 valence electrons. The Morgan fingerprint density at radius 2 is 2.00 bits per heavy atom. The molecule has 0 heterocycles. The van der Waals surface area contributed by atoms with Crippen LogP contribution in [0.3, 0.4) is 0 Å². The highest BCUT2D eigenvalue weighted by Crippen LogP contribution is 2.03. The summed E-state index contributed by atoms with van der Waals surface area (Å²) in [4.78, 5) is 0. The van der Waals surface area contributed by atoms with Crippen LogP contribution in [0.5, 0.6) is 0 Å². The van der Waals surface area contributed by atoms with Crippen LogP contribution in [-0.2, 0) is 0 Å². The van der Waals surface area contributed by atoms with E-state index in [-0.39, 0.29) is 0 Å². The lowest BCUT2D eigenvalue weighted by molar-refractivity contribution is 0.800. The van der Waals surface area contributed by atoms with Crippen LogP contribution in [0, 0.1) is 11.3 Å². The van der Waals surface area contributed by atoms with Gasteiger partial charge in [0.25, 0.3) is 0 Å². The monoisotopic (exact) mass is 292 g/mol. The standard InChI is InChI=1S/C8H13IN4/c1-8(2)3-5-13(9)6-4-11-12-7-10/h3-8,10H,1-2H3/b5-3-,6-4-,10-7?,12-11-. The normalized spacial score (nSPS) is 12.3. The fourth-order valence-electron chi connectivity index (χ4n) is 0.469. The topological polar surface area (TPSA) is 51.8 Å². The fourth-order valence-corrected chi connectivity index (χ4v) is 0.799. The smallest absolute Gasteiger partial charge is 0.129 e. The van der Waals surface area contributed by atoms with Gasteiger partial charge in [-0.1, -0.05) is 19.9 Å². The molecular weight excluding hydrogens is 279 g/mol. The molecule has 13 heavy (non-hydrogen) atoms. The fraction of sp³-hybridized carbons (Fsp3) is 0.375. The molecule has 0 aromatic carbocycles. The Morgan fingerprint density at radius 3 is 2.54 bits per heavy atom. The van der Waals surface area contributed by atoms with E-state index in [0.29, 0.717) is 5.92 Å². The summed E-state index contributed by atoms with van der Waals surface area (Å²) >= 11 is 2.13. The first kappa shape index (κ1) is 12.3. The van der Waals surface area contributed by atoms with Crippen LogP contribution in [-0.4, -0.2) is 9.45 Å². The quantitative estimate of drug-likeness (QED) is 0.273. The summed E-state index contributed by atoms with van der Waals surface area (Å²) in [7, 11) is 0. The summed E-state index contributed by atoms with van der Waals surface area (Å²) < 4.78 is 1.85. The van der Waals surface area contributed by atoms with Gasteiger partial charge in [-0.2, -0.15) is 5.11 Å². The first-order valence-electron chi connectivity index (χ1n) is 3.85. The number of allylic oxidation sites excluding steroid dienone is 1. The second-order valence-corrected chi connectivity index (χ2v) is 3.70. The van der Waals surface area contributed by atoms with Crippen molar-refractivity contribution in [2.24, 2.45) is 16.1 Å². The minimum Gasteiger partial charge on any atom is -0.296 e. The van der Waals surface area contributed by atoms with Crippen LogP contribution in [0.1, 0.15) is 13.8 Å². The van der Waals surface area contributed by atoms with Gasteiger partial charge >= 0.3 is 0 Å². The van der Waals surface area contributed by atoms with E-state index in [1.165, 1.54) is 6.20 Å². The molecule has 0 fully saturated rings. The number of azo groups is 1. The molecule has 0 saturated heterocycles. The molecule has 1 N–H and O–H groups in total. The van der Waals surface area contributed by atoms with Crippen LogP contribution < -0.4 is 0 Å². The zero-order chi connectivity index (χ0) is 10.1. The van der Waals surface area contributed by atoms with Gasteiger partial charge in [0.15, 0.2) is 0 Å². The Balaban J connectivity index is 3.85. The highest BCUT2D eigenvalue weighted by Gasteiger charge is 1.86. The van der Waals surface area contributed by atoms with Gasteiger partial charge in [0.05, 0.1) is 29.1 Å². The van der Waals surface area contributed by atoms with E-state index < -0.39 is 0 Å². The second kappa shape index (κ2) is 7.90. The Morgan fingerprint density at radius 1 is 1.31 bits per heavy atom. The average Bonchev–Trinajstić information content (AvgIpc) is 2.09. The predicted octanol–water partition coefficient (Wildman–Crippen LogP) is 3.34. The van der Waals surface area contributed by atoms with Crippen LogP contribution >= 0.6 is 22.9 Å². The van der Waals surface area contributed by atoms with Crippen molar-refractivity contribution in [2.75, 3.05) is 0 Å². The van der Waals surface area contributed by atoms with E-state index in [0.717, 1.165) is 6.34 Å². The zero-order valence-corrected chi connectivity index (χ0v) is 9.84. The number of halogens is 1. The third-order valence-electron chi connectivity index (χ3n) is 1.01. The molecule has 5 heteroatoms. The van der Waals surface area contributed by atoms with Crippen molar-refractivity contribution >= 4 is 29.2 Å². The summed E-state index contributed by atoms with van der Waals surface area (Å²) in [6.45, 7) is 4.22. The van der Waals surface area contributed by atoms with Crippen molar-refractivity contribution in [1.29, 1.82) is 5.41 Å². The third kappa shape index (κ3) is 9.19. The molecule has 0 amide bonds. The summed E-state index contributed by atoms with van der Waals surface area (Å²) in [5.74, 6) is 0.536. The van der Waals surface area contributed by atoms with E-state index in [4.69, 9.17) is 5.41 Å². The van der Waals surface area contributed by atoms with Crippen molar-refractivity contribution < 1.29 is 0 Å². The number of nitrogens with one attached hydrogen (secondary N) is 1. The average molecular weight is 292 g/mol. The minimum absolute atomic E-state index is 0.536. The third-order valence-corrected chi connectivity index (χ3v) is 1.66. The summed E-state index contributed by atoms with van der Waals surface area (Å²) in [5, 5.41) is 13.5. The molecule has 0 aromatic heterocycles. The van der Waals surface area contributed by atoms with E-state index in [2.05, 4.69) is 53.0 Å². The molecule has 0 spiro atoms. The molecule has 0 bridgehead atoms. The molecule has 0 radical (unpaired) electrons. The van der Waals surface area contributed by atoms with Gasteiger partial charge in [0.1, 0.15) is 6.34 Å². The van der Waals surface area contributed by atoms with E-state index in [1.807, 2.05) is 9.31 Å². The summed E-state index contributed by atoms with van der Waals surface area (Å²) in [5.41, 5.74) is 0. The SMILES string of the molecule is CC(C)/C=C\N(I)/C=C\N=N/C=N. The van der Waals surface area contributed by atoms with E-state index in [1.54, 1.807) is 6.20 Å². The van der Waals surface area contributed by atoms with Crippen LogP contribution in [0.2, 0.25) is 0 Å². The van der Waals surface area contributed by atoms with Crippen molar-refractivity contribution in [3.8, 4) is 0 Å². The molecular formula is C8H13IN4. The lowest BCUT2D eigenvalue weighted by atomic mass is 10.2. The molecule has 0 aliphatic carbocycles. The minimum atomic E-state index is 0.536. The summed E-state index contributed by atoms with van der Waals surface area (Å²) in [6.07, 6.45) is 8.20. The van der Waals surface area contributed by atoms with Crippen molar-refractivity contribution in [3.63, 3.8) is 0 Å². The first-order chi connectivity index (χ1) is 6.16. The number of nitrogens with zero attached hydrogens (tertiary/aromatic N) is 3. The Kier molecular flexibility index (Phi) is 7.47. The molecule has 4 nitrogen and oxygen atoms in total. The highest BCUT2D eigenvalue weighted by molar-refractivity contribution is 14.1. The number of hydrogen-bond acceptors (Lipinski definition) is 3. The molecule has 0 aromatic rings. The van der Waals surface area contributed by atoms with Gasteiger partial charge in [-0.05, 0) is 5.92 Å². The molecule has 0 aliphatic heterocycles. The summed E-state index contributed by atoms with van der Waals surface area (Å²) in [6, 6.07) is 0. The van der Waals surface area contributed by atoms with Gasteiger partial charge in [-0.3, -0.25) is 8.52 Å². The van der Waals surface area contributed by atoms with Crippen LogP contribution in [0.25, 0.3) is 0 Å². The van der Waals surface area contributed by atoms with Crippen molar-refractivity contribution in [3.05, 3.63) is 24.7 Å². The van der Waals surface area contributed by atoms with Crippen LogP contribution in [0.4, 0.5) is 0 Å². The van der Waals surface area contributed by atoms with E-state index in [9.17, 15) is 0 Å². The lowest BCUT2D eigenvalue weighted by Crippen LogP contribution is -1.90. The van der Waals surface area contributed by atoms with E-state index >= 15 is 0 Å². The maximum absolute atomic E-state index is 6.58. The molecule has 0 saturated carbocycles. The Labute approximate surface area is 92.4 Å². The van der Waals surface area contributed by atoms with Gasteiger partial charge < -0.3 is 0 Å². The Bertz CT molecular complexity index is 220. The molecule has 0 rings (SSSR count). The van der Waals surface area contributed by atoms with Gasteiger partial charge in [0.2, 0.25) is 0 Å². The number of hydrogen-bond donors (Lipinski definition) is 1. The second-order valence-electron chi connectivity index (χ2n) is 2.59. The van der Waals surface area contributed by atoms with Crippen molar-refractivity contribution in [1.82, 2.24) is 3.11 Å². The van der Waals surface area contributed by atoms with Gasteiger partial charge in [-0.15, -0.1) is 5.11 Å². The Hall–Kier alpha value is -0.720. The first-order valence-corrected chi connectivity index (χ1v) is 4.81. The molecule has 0 atom stereocenters. The maximum atomic E-state index is 6.58. The highest BCUT2D eigenvalue weighted by atomic mass is 127. The predicted molar refractivity (Wildman–Crippen MR) is 62.6 cm³/mol. The lowest BCUT2D eigenvalue weighted by Gasteiger charge is -2.02. The number of rotatable bonds is 5. The zero-order valence-electron chi connectivity index (χ0n) is 7.68. The molecule has 0 aliphatic rings.